The van der Waals surface area contributed by atoms with Gasteiger partial charge in [-0.3, -0.25) is 28.8 Å². The molecule has 0 rings (SSSR count). The van der Waals surface area contributed by atoms with Crippen molar-refractivity contribution in [2.45, 2.75) is 58.4 Å². The molecule has 0 heterocycles. The molecule has 0 aliphatic heterocycles. The van der Waals surface area contributed by atoms with Crippen molar-refractivity contribution in [3.8, 4) is 0 Å². The standard InChI is InChI=1S/C21H34N2O10/c1-3-18(26)22-8-9-32-10-11-33-13-16(25)12-15(4-6-19(27)28)21(31)23-17(14(2)24)5-7-20(29)30/h15,17H,3-13H2,1-2H3,(H,22,26)(H,23,31)(H,27,28)(H,29,30)/t15-,17+/m1/s1. The number of aliphatic carboxylic acids is 2. The van der Waals surface area contributed by atoms with Crippen molar-refractivity contribution in [3.05, 3.63) is 0 Å². The van der Waals surface area contributed by atoms with Gasteiger partial charge in [0.1, 0.15) is 6.61 Å². The van der Waals surface area contributed by atoms with Crippen LogP contribution >= 0.6 is 0 Å². The highest BCUT2D eigenvalue weighted by molar-refractivity contribution is 5.91. The third-order valence-corrected chi connectivity index (χ3v) is 4.53. The molecule has 12 nitrogen and oxygen atoms in total. The van der Waals surface area contributed by atoms with Crippen LogP contribution in [-0.2, 0) is 38.2 Å². The Bertz CT molecular complexity index is 680. The van der Waals surface area contributed by atoms with Gasteiger partial charge in [-0.25, -0.2) is 0 Å². The summed E-state index contributed by atoms with van der Waals surface area (Å²) in [5, 5.41) is 22.7. The zero-order chi connectivity index (χ0) is 25.2. The van der Waals surface area contributed by atoms with Crippen LogP contribution in [0.15, 0.2) is 0 Å². The molecule has 0 saturated heterocycles. The van der Waals surface area contributed by atoms with Gasteiger partial charge in [-0.1, -0.05) is 6.92 Å². The molecular weight excluding hydrogens is 440 g/mol. The van der Waals surface area contributed by atoms with Crippen molar-refractivity contribution in [1.29, 1.82) is 0 Å². The molecule has 33 heavy (non-hydrogen) atoms. The molecule has 2 atom stereocenters. The lowest BCUT2D eigenvalue weighted by molar-refractivity contribution is -0.140. The highest BCUT2D eigenvalue weighted by Crippen LogP contribution is 2.14. The monoisotopic (exact) mass is 474 g/mol. The molecule has 188 valence electrons. The Morgan fingerprint density at radius 2 is 1.48 bits per heavy atom. The van der Waals surface area contributed by atoms with Crippen molar-refractivity contribution in [3.63, 3.8) is 0 Å². The fourth-order valence-electron chi connectivity index (χ4n) is 2.69. The number of amides is 2. The molecular formula is C21H34N2O10. The maximum Gasteiger partial charge on any atom is 0.303 e. The van der Waals surface area contributed by atoms with E-state index in [1.54, 1.807) is 6.92 Å². The number of carboxylic acid groups (broad SMARTS) is 2. The minimum atomic E-state index is -1.14. The highest BCUT2D eigenvalue weighted by Gasteiger charge is 2.26. The first-order valence-corrected chi connectivity index (χ1v) is 10.7. The van der Waals surface area contributed by atoms with E-state index in [1.165, 1.54) is 6.92 Å². The maximum absolute atomic E-state index is 12.6. The number of hydrogen-bond donors (Lipinski definition) is 4. The van der Waals surface area contributed by atoms with Crippen LogP contribution in [0.3, 0.4) is 0 Å². The number of carbonyl (C=O) groups excluding carboxylic acids is 4. The Balaban J connectivity index is 4.52. The van der Waals surface area contributed by atoms with Crippen LogP contribution in [0.1, 0.15) is 52.4 Å². The molecule has 0 saturated carbocycles. The second kappa shape index (κ2) is 17.7. The molecule has 0 aromatic heterocycles. The van der Waals surface area contributed by atoms with Crippen molar-refractivity contribution < 1.29 is 48.5 Å². The molecule has 0 fully saturated rings. The molecule has 2 amide bonds. The number of carbonyl (C=O) groups is 6. The minimum absolute atomic E-state index is 0.0848. The molecule has 0 aliphatic carbocycles. The van der Waals surface area contributed by atoms with E-state index in [2.05, 4.69) is 10.6 Å². The van der Waals surface area contributed by atoms with Gasteiger partial charge in [0.05, 0.1) is 25.9 Å². The highest BCUT2D eigenvalue weighted by atomic mass is 16.5. The molecule has 0 unspecified atom stereocenters. The number of ketones is 2. The second-order valence-corrected chi connectivity index (χ2v) is 7.34. The van der Waals surface area contributed by atoms with Gasteiger partial charge in [0.25, 0.3) is 0 Å². The Labute approximate surface area is 192 Å². The predicted octanol–water partition coefficient (Wildman–Crippen LogP) is -0.0754. The zero-order valence-electron chi connectivity index (χ0n) is 19.1. The predicted molar refractivity (Wildman–Crippen MR) is 114 cm³/mol. The molecule has 0 aromatic carbocycles. The Hall–Kier alpha value is -2.86. The number of hydrogen-bond acceptors (Lipinski definition) is 8. The number of rotatable bonds is 20. The largest absolute Gasteiger partial charge is 0.481 e. The number of Topliss-reactive ketones (excluding diaryl/α,β-unsaturated/α-hetero) is 2. The maximum atomic E-state index is 12.6. The first-order chi connectivity index (χ1) is 15.6. The van der Waals surface area contributed by atoms with E-state index in [9.17, 15) is 28.8 Å². The normalized spacial score (nSPS) is 12.4. The molecule has 0 aromatic rings. The summed E-state index contributed by atoms with van der Waals surface area (Å²) in [6.07, 6.45) is -0.816. The van der Waals surface area contributed by atoms with Crippen LogP contribution in [0, 0.1) is 5.92 Å². The number of carboxylic acids is 2. The quantitative estimate of drug-likeness (QED) is 0.174. The van der Waals surface area contributed by atoms with Gasteiger partial charge >= 0.3 is 11.9 Å². The molecule has 0 spiro atoms. The summed E-state index contributed by atoms with van der Waals surface area (Å²) < 4.78 is 10.5. The van der Waals surface area contributed by atoms with Gasteiger partial charge in [0.2, 0.25) is 11.8 Å². The summed E-state index contributed by atoms with van der Waals surface area (Å²) in [6, 6.07) is -1.04. The van der Waals surface area contributed by atoms with E-state index >= 15 is 0 Å². The van der Waals surface area contributed by atoms with E-state index in [0.29, 0.717) is 19.6 Å². The minimum Gasteiger partial charge on any atom is -0.481 e. The second-order valence-electron chi connectivity index (χ2n) is 7.34. The van der Waals surface area contributed by atoms with Crippen molar-refractivity contribution in [1.82, 2.24) is 10.6 Å². The lowest BCUT2D eigenvalue weighted by Crippen LogP contribution is -2.43. The summed E-state index contributed by atoms with van der Waals surface area (Å²) in [5.74, 6) is -4.91. The summed E-state index contributed by atoms with van der Waals surface area (Å²) >= 11 is 0. The van der Waals surface area contributed by atoms with Crippen molar-refractivity contribution >= 4 is 35.3 Å². The van der Waals surface area contributed by atoms with E-state index in [0.717, 1.165) is 0 Å². The molecule has 12 heteroatoms. The summed E-state index contributed by atoms with van der Waals surface area (Å²) in [4.78, 5) is 69.1. The van der Waals surface area contributed by atoms with Crippen LogP contribution in [-0.4, -0.2) is 84.5 Å². The van der Waals surface area contributed by atoms with Crippen molar-refractivity contribution in [2.24, 2.45) is 5.92 Å². The number of ether oxygens (including phenoxy) is 2. The lowest BCUT2D eigenvalue weighted by Gasteiger charge is -2.20. The molecule has 0 aliphatic rings. The molecule has 4 N–H and O–H groups in total. The van der Waals surface area contributed by atoms with Gasteiger partial charge in [-0.15, -0.1) is 0 Å². The first kappa shape index (κ1) is 30.1. The van der Waals surface area contributed by atoms with Crippen molar-refractivity contribution in [2.75, 3.05) is 33.0 Å². The van der Waals surface area contributed by atoms with Gasteiger partial charge in [-0.05, 0) is 19.8 Å². The van der Waals surface area contributed by atoms with E-state index in [1.807, 2.05) is 0 Å². The van der Waals surface area contributed by atoms with Gasteiger partial charge in [-0.2, -0.15) is 0 Å². The smallest absolute Gasteiger partial charge is 0.303 e. The van der Waals surface area contributed by atoms with Crippen LogP contribution < -0.4 is 10.6 Å². The fraction of sp³-hybridized carbons (Fsp3) is 0.714. The average molecular weight is 475 g/mol. The Morgan fingerprint density at radius 3 is 2.06 bits per heavy atom. The third kappa shape index (κ3) is 16.4. The topological polar surface area (TPSA) is 185 Å². The Morgan fingerprint density at radius 1 is 0.879 bits per heavy atom. The first-order valence-electron chi connectivity index (χ1n) is 10.7. The van der Waals surface area contributed by atoms with Gasteiger partial charge in [0, 0.05) is 38.1 Å². The van der Waals surface area contributed by atoms with E-state index < -0.39 is 41.4 Å². The molecule has 0 bridgehead atoms. The van der Waals surface area contributed by atoms with E-state index in [4.69, 9.17) is 19.7 Å². The van der Waals surface area contributed by atoms with Gasteiger partial charge in [0.15, 0.2) is 11.6 Å². The van der Waals surface area contributed by atoms with E-state index in [-0.39, 0.29) is 57.8 Å². The zero-order valence-corrected chi connectivity index (χ0v) is 19.1. The Kier molecular flexibility index (Phi) is 16.1. The third-order valence-electron chi connectivity index (χ3n) is 4.53. The average Bonchev–Trinajstić information content (AvgIpc) is 2.74. The number of nitrogens with one attached hydrogen (secondary N) is 2. The van der Waals surface area contributed by atoms with Crippen LogP contribution in [0.2, 0.25) is 0 Å². The summed E-state index contributed by atoms with van der Waals surface area (Å²) in [5.41, 5.74) is 0. The SMILES string of the molecule is CCC(=O)NCCOCCOCC(=O)C[C@@H](CCC(=O)O)C(=O)N[C@@H](CCC(=O)O)C(C)=O. The van der Waals surface area contributed by atoms with Crippen LogP contribution in [0.5, 0.6) is 0 Å². The lowest BCUT2D eigenvalue weighted by atomic mass is 9.95. The fourth-order valence-corrected chi connectivity index (χ4v) is 2.69. The van der Waals surface area contributed by atoms with Crippen LogP contribution in [0.25, 0.3) is 0 Å². The van der Waals surface area contributed by atoms with Gasteiger partial charge < -0.3 is 30.3 Å². The molecule has 0 radical (unpaired) electrons. The van der Waals surface area contributed by atoms with Crippen LogP contribution in [0.4, 0.5) is 0 Å². The summed E-state index contributed by atoms with van der Waals surface area (Å²) in [7, 11) is 0. The summed E-state index contributed by atoms with van der Waals surface area (Å²) in [6.45, 7) is 3.60.